The third-order valence-electron chi connectivity index (χ3n) is 4.41. The van der Waals surface area contributed by atoms with Crippen LogP contribution >= 0.6 is 0 Å². The lowest BCUT2D eigenvalue weighted by Gasteiger charge is -2.08. The summed E-state index contributed by atoms with van der Waals surface area (Å²) in [7, 11) is 1.61. The van der Waals surface area contributed by atoms with Crippen molar-refractivity contribution in [2.45, 2.75) is 6.42 Å². The van der Waals surface area contributed by atoms with E-state index in [4.69, 9.17) is 4.74 Å². The van der Waals surface area contributed by atoms with Crippen LogP contribution in [0.15, 0.2) is 66.7 Å². The van der Waals surface area contributed by atoms with Gasteiger partial charge in [-0.25, -0.2) is 0 Å². The molecule has 0 aromatic heterocycles. The van der Waals surface area contributed by atoms with Crippen LogP contribution in [0.3, 0.4) is 0 Å². The third-order valence-corrected chi connectivity index (χ3v) is 4.41. The molecule has 0 radical (unpaired) electrons. The lowest BCUT2D eigenvalue weighted by Crippen LogP contribution is -2.11. The number of fused-ring (bicyclic) bond motifs is 3. The summed E-state index contributed by atoms with van der Waals surface area (Å²) >= 11 is 0. The van der Waals surface area contributed by atoms with Crippen LogP contribution in [-0.4, -0.2) is 13.0 Å². The molecule has 3 heteroatoms. The number of hydrogen-bond acceptors (Lipinski definition) is 2. The lowest BCUT2D eigenvalue weighted by molar-refractivity contribution is 0.102. The van der Waals surface area contributed by atoms with Gasteiger partial charge in [-0.05, 0) is 65.1 Å². The molecular weight excluding hydrogens is 298 g/mol. The number of nitrogens with one attached hydrogen (secondary N) is 1. The van der Waals surface area contributed by atoms with Crippen LogP contribution in [-0.2, 0) is 6.42 Å². The molecule has 0 spiro atoms. The maximum absolute atomic E-state index is 12.4. The van der Waals surface area contributed by atoms with Crippen molar-refractivity contribution in [3.05, 3.63) is 83.4 Å². The summed E-state index contributed by atoms with van der Waals surface area (Å²) in [5.74, 6) is 0.615. The number of carbonyl (C=O) groups excluding carboxylic acids is 1. The molecule has 3 aromatic rings. The van der Waals surface area contributed by atoms with Crippen LogP contribution in [0.4, 0.5) is 5.69 Å². The molecule has 1 aliphatic carbocycles. The van der Waals surface area contributed by atoms with Gasteiger partial charge in [0, 0.05) is 11.3 Å². The minimum absolute atomic E-state index is 0.121. The second-order valence-corrected chi connectivity index (χ2v) is 5.89. The molecule has 0 atom stereocenters. The number of methoxy groups -OCH3 is 1. The van der Waals surface area contributed by atoms with Gasteiger partial charge in [-0.1, -0.05) is 30.3 Å². The van der Waals surface area contributed by atoms with Crippen molar-refractivity contribution in [2.24, 2.45) is 0 Å². The first-order chi connectivity index (χ1) is 11.7. The highest BCUT2D eigenvalue weighted by atomic mass is 16.5. The summed E-state index contributed by atoms with van der Waals surface area (Å²) in [5.41, 5.74) is 6.53. The number of hydrogen-bond donors (Lipinski definition) is 1. The first-order valence-corrected chi connectivity index (χ1v) is 7.91. The van der Waals surface area contributed by atoms with E-state index in [1.807, 2.05) is 6.07 Å². The molecule has 4 rings (SSSR count). The molecule has 0 aliphatic heterocycles. The summed E-state index contributed by atoms with van der Waals surface area (Å²) in [6, 6.07) is 21.6. The minimum Gasteiger partial charge on any atom is -0.497 e. The van der Waals surface area contributed by atoms with Crippen molar-refractivity contribution in [1.29, 1.82) is 0 Å². The molecule has 1 aliphatic rings. The Kier molecular flexibility index (Phi) is 3.54. The number of benzene rings is 3. The number of anilines is 1. The smallest absolute Gasteiger partial charge is 0.255 e. The van der Waals surface area contributed by atoms with Gasteiger partial charge >= 0.3 is 0 Å². The van der Waals surface area contributed by atoms with Crippen LogP contribution in [0, 0.1) is 0 Å². The fourth-order valence-corrected chi connectivity index (χ4v) is 3.15. The van der Waals surface area contributed by atoms with Crippen LogP contribution in [0.25, 0.3) is 11.1 Å². The third kappa shape index (κ3) is 2.54. The average Bonchev–Trinajstić information content (AvgIpc) is 3.00. The largest absolute Gasteiger partial charge is 0.497 e. The van der Waals surface area contributed by atoms with Crippen molar-refractivity contribution in [3.8, 4) is 16.9 Å². The predicted molar refractivity (Wildman–Crippen MR) is 95.6 cm³/mol. The SMILES string of the molecule is COc1ccc(C(=O)Nc2ccc3c(c2)-c2ccccc2C3)cc1. The number of ether oxygens (including phenoxy) is 1. The van der Waals surface area contributed by atoms with Gasteiger partial charge in [0.2, 0.25) is 0 Å². The van der Waals surface area contributed by atoms with Crippen molar-refractivity contribution < 1.29 is 9.53 Å². The molecule has 1 N–H and O–H groups in total. The number of rotatable bonds is 3. The van der Waals surface area contributed by atoms with E-state index >= 15 is 0 Å². The highest BCUT2D eigenvalue weighted by Crippen LogP contribution is 2.37. The van der Waals surface area contributed by atoms with Gasteiger partial charge < -0.3 is 10.1 Å². The second-order valence-electron chi connectivity index (χ2n) is 5.89. The normalized spacial score (nSPS) is 11.5. The van der Waals surface area contributed by atoms with E-state index in [0.717, 1.165) is 17.9 Å². The van der Waals surface area contributed by atoms with E-state index in [0.29, 0.717) is 5.56 Å². The maximum Gasteiger partial charge on any atom is 0.255 e. The molecule has 0 saturated heterocycles. The van der Waals surface area contributed by atoms with Crippen LogP contribution in [0.5, 0.6) is 5.75 Å². The highest BCUT2D eigenvalue weighted by molar-refractivity contribution is 6.04. The van der Waals surface area contributed by atoms with E-state index in [1.165, 1.54) is 22.3 Å². The quantitative estimate of drug-likeness (QED) is 0.603. The predicted octanol–water partition coefficient (Wildman–Crippen LogP) is 4.52. The molecule has 0 bridgehead atoms. The number of carbonyl (C=O) groups is 1. The van der Waals surface area contributed by atoms with Gasteiger partial charge in [-0.3, -0.25) is 4.79 Å². The maximum atomic E-state index is 12.4. The van der Waals surface area contributed by atoms with Gasteiger partial charge in [0.1, 0.15) is 5.75 Å². The zero-order chi connectivity index (χ0) is 16.5. The Morgan fingerprint density at radius 1 is 0.917 bits per heavy atom. The van der Waals surface area contributed by atoms with E-state index in [-0.39, 0.29) is 5.91 Å². The summed E-state index contributed by atoms with van der Waals surface area (Å²) in [6.07, 6.45) is 0.957. The van der Waals surface area contributed by atoms with E-state index < -0.39 is 0 Å². The molecular formula is C21H17NO2. The Morgan fingerprint density at radius 2 is 1.67 bits per heavy atom. The number of amides is 1. The first-order valence-electron chi connectivity index (χ1n) is 7.91. The van der Waals surface area contributed by atoms with Crippen LogP contribution in [0.1, 0.15) is 21.5 Å². The van der Waals surface area contributed by atoms with E-state index in [9.17, 15) is 4.79 Å². The molecule has 0 unspecified atom stereocenters. The fraction of sp³-hybridized carbons (Fsp3) is 0.0952. The molecule has 0 saturated carbocycles. The Bertz CT molecular complexity index is 913. The molecule has 24 heavy (non-hydrogen) atoms. The highest BCUT2D eigenvalue weighted by Gasteiger charge is 2.18. The van der Waals surface area contributed by atoms with Crippen LogP contribution in [0.2, 0.25) is 0 Å². The Labute approximate surface area is 140 Å². The Balaban J connectivity index is 1.59. The molecule has 3 nitrogen and oxygen atoms in total. The molecule has 1 amide bonds. The zero-order valence-corrected chi connectivity index (χ0v) is 13.4. The van der Waals surface area contributed by atoms with Crippen molar-refractivity contribution in [1.82, 2.24) is 0 Å². The van der Waals surface area contributed by atoms with Gasteiger partial charge in [-0.2, -0.15) is 0 Å². The molecule has 0 fully saturated rings. The standard InChI is InChI=1S/C21H17NO2/c1-24-18-10-7-14(8-11-18)21(23)22-17-9-6-16-12-15-4-2-3-5-19(15)20(16)13-17/h2-11,13H,12H2,1H3,(H,22,23). The first kappa shape index (κ1) is 14.5. The van der Waals surface area contributed by atoms with E-state index in [2.05, 4.69) is 41.7 Å². The van der Waals surface area contributed by atoms with Crippen molar-refractivity contribution in [3.63, 3.8) is 0 Å². The van der Waals surface area contributed by atoms with Gasteiger partial charge in [0.05, 0.1) is 7.11 Å². The molecule has 118 valence electrons. The monoisotopic (exact) mass is 315 g/mol. The average molecular weight is 315 g/mol. The van der Waals surface area contributed by atoms with Gasteiger partial charge in [0.15, 0.2) is 0 Å². The van der Waals surface area contributed by atoms with Gasteiger partial charge in [0.25, 0.3) is 5.91 Å². The Hall–Kier alpha value is -3.07. The lowest BCUT2D eigenvalue weighted by atomic mass is 10.1. The van der Waals surface area contributed by atoms with E-state index in [1.54, 1.807) is 31.4 Å². The summed E-state index contributed by atoms with van der Waals surface area (Å²) in [6.45, 7) is 0. The topological polar surface area (TPSA) is 38.3 Å². The van der Waals surface area contributed by atoms with Crippen molar-refractivity contribution in [2.75, 3.05) is 12.4 Å². The fourth-order valence-electron chi connectivity index (χ4n) is 3.15. The Morgan fingerprint density at radius 3 is 2.46 bits per heavy atom. The molecule has 3 aromatic carbocycles. The summed E-state index contributed by atoms with van der Waals surface area (Å²) in [4.78, 5) is 12.4. The van der Waals surface area contributed by atoms with Gasteiger partial charge in [-0.15, -0.1) is 0 Å². The summed E-state index contributed by atoms with van der Waals surface area (Å²) in [5, 5.41) is 2.98. The zero-order valence-electron chi connectivity index (χ0n) is 13.4. The second kappa shape index (κ2) is 5.85. The summed E-state index contributed by atoms with van der Waals surface area (Å²) < 4.78 is 5.12. The van der Waals surface area contributed by atoms with Crippen molar-refractivity contribution >= 4 is 11.6 Å². The van der Waals surface area contributed by atoms with Crippen LogP contribution < -0.4 is 10.1 Å². The molecule has 0 heterocycles. The minimum atomic E-state index is -0.121.